The zero-order valence-electron chi connectivity index (χ0n) is 15.6. The molecule has 28 heavy (non-hydrogen) atoms. The Morgan fingerprint density at radius 2 is 1.68 bits per heavy atom. The number of H-pyrrole nitrogens is 1. The Labute approximate surface area is 162 Å². The number of aromatic nitrogens is 1. The Balaban J connectivity index is 1.62. The van der Waals surface area contributed by atoms with Crippen molar-refractivity contribution in [3.63, 3.8) is 0 Å². The van der Waals surface area contributed by atoms with E-state index in [0.29, 0.717) is 5.56 Å². The van der Waals surface area contributed by atoms with Crippen LogP contribution < -0.4 is 15.6 Å². The topological polar surface area (TPSA) is 108 Å². The highest BCUT2D eigenvalue weighted by atomic mass is 32.2. The van der Waals surface area contributed by atoms with E-state index in [9.17, 15) is 18.0 Å². The fourth-order valence-electron chi connectivity index (χ4n) is 2.80. The van der Waals surface area contributed by atoms with Gasteiger partial charge in [-0.05, 0) is 56.0 Å². The van der Waals surface area contributed by atoms with Gasteiger partial charge in [-0.25, -0.2) is 17.9 Å². The first-order chi connectivity index (χ1) is 13.2. The van der Waals surface area contributed by atoms with E-state index in [0.717, 1.165) is 22.0 Å². The summed E-state index contributed by atoms with van der Waals surface area (Å²) in [4.78, 5) is 26.9. The number of hydrogen-bond acceptors (Lipinski definition) is 4. The second-order valence-corrected chi connectivity index (χ2v) is 8.32. The fraction of sp³-hybridized carbons (Fsp3) is 0.200. The molecule has 0 aliphatic carbocycles. The molecule has 0 fully saturated rings. The van der Waals surface area contributed by atoms with E-state index in [2.05, 4.69) is 10.3 Å². The van der Waals surface area contributed by atoms with E-state index >= 15 is 0 Å². The van der Waals surface area contributed by atoms with Crippen molar-refractivity contribution in [3.8, 4) is 0 Å². The minimum atomic E-state index is -3.94. The van der Waals surface area contributed by atoms with Crippen LogP contribution in [0, 0.1) is 13.8 Å². The number of pyridine rings is 1. The largest absolute Gasteiger partial charge is 0.337 e. The Morgan fingerprint density at radius 1 is 1.00 bits per heavy atom. The lowest BCUT2D eigenvalue weighted by Crippen LogP contribution is -2.40. The number of fused-ring (bicyclic) bond motifs is 1. The maximum Gasteiger partial charge on any atom is 0.328 e. The van der Waals surface area contributed by atoms with Gasteiger partial charge in [0, 0.05) is 17.6 Å². The molecule has 0 unspecified atom stereocenters. The van der Waals surface area contributed by atoms with E-state index < -0.39 is 16.1 Å². The summed E-state index contributed by atoms with van der Waals surface area (Å²) in [6, 6.07) is 12.8. The molecular weight excluding hydrogens is 378 g/mol. The number of benzene rings is 2. The van der Waals surface area contributed by atoms with E-state index in [-0.39, 0.29) is 23.4 Å². The van der Waals surface area contributed by atoms with Crippen molar-refractivity contribution >= 4 is 27.0 Å². The van der Waals surface area contributed by atoms with Crippen LogP contribution in [0.2, 0.25) is 0 Å². The number of aryl methyl sites for hydroxylation is 2. The number of aromatic amines is 1. The molecule has 1 aromatic heterocycles. The first-order valence-electron chi connectivity index (χ1n) is 8.74. The summed E-state index contributed by atoms with van der Waals surface area (Å²) in [5.74, 6) is 0. The zero-order valence-corrected chi connectivity index (χ0v) is 16.4. The summed E-state index contributed by atoms with van der Waals surface area (Å²) in [6.07, 6.45) is 0.275. The fourth-order valence-corrected chi connectivity index (χ4v) is 3.73. The molecule has 2 amide bonds. The minimum absolute atomic E-state index is 0.00888. The van der Waals surface area contributed by atoms with Gasteiger partial charge in [-0.3, -0.25) is 4.79 Å². The molecule has 0 saturated carbocycles. The lowest BCUT2D eigenvalue weighted by Gasteiger charge is -2.09. The SMILES string of the molecule is Cc1ccc(S(=O)(=O)NC(=O)NCCc2cc3cc(C)ccc3[nH]c2=O)cc1. The van der Waals surface area contributed by atoms with Gasteiger partial charge in [0.25, 0.3) is 15.6 Å². The van der Waals surface area contributed by atoms with Gasteiger partial charge in [-0.1, -0.05) is 29.3 Å². The maximum absolute atomic E-state index is 12.2. The number of carbonyl (C=O) groups excluding carboxylic acids is 1. The second-order valence-electron chi connectivity index (χ2n) is 6.64. The molecule has 0 aliphatic heterocycles. The molecule has 2 aromatic carbocycles. The molecule has 3 N–H and O–H groups in total. The molecule has 0 atom stereocenters. The minimum Gasteiger partial charge on any atom is -0.337 e. The van der Waals surface area contributed by atoms with E-state index in [1.54, 1.807) is 18.2 Å². The molecular formula is C20H21N3O4S. The van der Waals surface area contributed by atoms with Gasteiger partial charge in [-0.15, -0.1) is 0 Å². The van der Waals surface area contributed by atoms with Crippen LogP contribution in [-0.2, 0) is 16.4 Å². The number of sulfonamides is 1. The first kappa shape index (κ1) is 19.6. The second kappa shape index (κ2) is 7.85. The highest BCUT2D eigenvalue weighted by molar-refractivity contribution is 7.90. The Hall–Kier alpha value is -3.13. The van der Waals surface area contributed by atoms with Crippen LogP contribution in [0.25, 0.3) is 10.9 Å². The van der Waals surface area contributed by atoms with Crippen molar-refractivity contribution < 1.29 is 13.2 Å². The van der Waals surface area contributed by atoms with Crippen LogP contribution in [0.3, 0.4) is 0 Å². The highest BCUT2D eigenvalue weighted by Crippen LogP contribution is 2.13. The van der Waals surface area contributed by atoms with Gasteiger partial charge in [-0.2, -0.15) is 0 Å². The smallest absolute Gasteiger partial charge is 0.328 e. The summed E-state index contributed by atoms with van der Waals surface area (Å²) in [5.41, 5.74) is 3.02. The standard InChI is InChI=1S/C20H21N3O4S/c1-13-3-6-17(7-4-13)28(26,27)23-20(25)21-10-9-15-12-16-11-14(2)5-8-18(16)22-19(15)24/h3-8,11-12H,9-10H2,1-2H3,(H,22,24)(H2,21,23,25). The summed E-state index contributed by atoms with van der Waals surface area (Å²) in [6.45, 7) is 3.92. The van der Waals surface area contributed by atoms with Crippen LogP contribution in [0.1, 0.15) is 16.7 Å². The normalized spacial score (nSPS) is 11.4. The lowest BCUT2D eigenvalue weighted by molar-refractivity contribution is 0.246. The van der Waals surface area contributed by atoms with Crippen LogP contribution in [0.15, 0.2) is 58.2 Å². The summed E-state index contributed by atoms with van der Waals surface area (Å²) < 4.78 is 26.4. The number of amides is 2. The molecule has 8 heteroatoms. The quantitative estimate of drug-likeness (QED) is 0.612. The molecule has 0 spiro atoms. The predicted molar refractivity (Wildman–Crippen MR) is 108 cm³/mol. The number of carbonyl (C=O) groups is 1. The van der Waals surface area contributed by atoms with Crippen LogP contribution in [0.4, 0.5) is 4.79 Å². The molecule has 0 radical (unpaired) electrons. The molecule has 0 saturated heterocycles. The number of urea groups is 1. The zero-order chi connectivity index (χ0) is 20.3. The summed E-state index contributed by atoms with van der Waals surface area (Å²) >= 11 is 0. The van der Waals surface area contributed by atoms with Gasteiger partial charge >= 0.3 is 6.03 Å². The van der Waals surface area contributed by atoms with Crippen molar-refractivity contribution in [3.05, 3.63) is 75.6 Å². The monoisotopic (exact) mass is 399 g/mol. The van der Waals surface area contributed by atoms with Crippen molar-refractivity contribution in [2.24, 2.45) is 0 Å². The van der Waals surface area contributed by atoms with E-state index in [4.69, 9.17) is 0 Å². The van der Waals surface area contributed by atoms with Crippen molar-refractivity contribution in [2.45, 2.75) is 25.2 Å². The number of rotatable bonds is 5. The lowest BCUT2D eigenvalue weighted by atomic mass is 10.1. The Morgan fingerprint density at radius 3 is 2.39 bits per heavy atom. The van der Waals surface area contributed by atoms with E-state index in [1.807, 2.05) is 36.8 Å². The number of nitrogens with one attached hydrogen (secondary N) is 3. The Bertz CT molecular complexity index is 1180. The van der Waals surface area contributed by atoms with Crippen LogP contribution >= 0.6 is 0 Å². The van der Waals surface area contributed by atoms with Crippen molar-refractivity contribution in [1.82, 2.24) is 15.0 Å². The van der Waals surface area contributed by atoms with E-state index in [1.165, 1.54) is 12.1 Å². The molecule has 3 rings (SSSR count). The third-order valence-corrected chi connectivity index (χ3v) is 5.66. The maximum atomic E-state index is 12.2. The van der Waals surface area contributed by atoms with Gasteiger partial charge in [0.15, 0.2) is 0 Å². The molecule has 3 aromatic rings. The molecule has 0 bridgehead atoms. The predicted octanol–water partition coefficient (Wildman–Crippen LogP) is 2.38. The Kier molecular flexibility index (Phi) is 5.51. The highest BCUT2D eigenvalue weighted by Gasteiger charge is 2.17. The van der Waals surface area contributed by atoms with Crippen molar-refractivity contribution in [1.29, 1.82) is 0 Å². The summed E-state index contributed by atoms with van der Waals surface area (Å²) in [5, 5.41) is 3.38. The van der Waals surface area contributed by atoms with Gasteiger partial charge in [0.1, 0.15) is 0 Å². The van der Waals surface area contributed by atoms with Gasteiger partial charge in [0.05, 0.1) is 4.90 Å². The third-order valence-electron chi connectivity index (χ3n) is 4.31. The molecule has 7 nitrogen and oxygen atoms in total. The number of hydrogen-bond donors (Lipinski definition) is 3. The molecule has 146 valence electrons. The third kappa shape index (κ3) is 4.58. The average Bonchev–Trinajstić information content (AvgIpc) is 2.62. The molecule has 1 heterocycles. The van der Waals surface area contributed by atoms with Gasteiger partial charge < -0.3 is 10.3 Å². The van der Waals surface area contributed by atoms with Crippen LogP contribution in [-0.4, -0.2) is 26.0 Å². The first-order valence-corrected chi connectivity index (χ1v) is 10.2. The van der Waals surface area contributed by atoms with Crippen molar-refractivity contribution in [2.75, 3.05) is 6.54 Å². The average molecular weight is 399 g/mol. The van der Waals surface area contributed by atoms with Crippen LogP contribution in [0.5, 0.6) is 0 Å². The van der Waals surface area contributed by atoms with Gasteiger partial charge in [0.2, 0.25) is 0 Å². The molecule has 0 aliphatic rings. The summed E-state index contributed by atoms with van der Waals surface area (Å²) in [7, 11) is -3.94.